The number of alkyl halides is 3. The molecule has 0 atom stereocenters. The fourth-order valence-corrected chi connectivity index (χ4v) is 3.20. The van der Waals surface area contributed by atoms with Crippen LogP contribution >= 0.6 is 11.6 Å². The zero-order chi connectivity index (χ0) is 15.0. The van der Waals surface area contributed by atoms with Crippen molar-refractivity contribution in [2.45, 2.75) is 43.7 Å². The third-order valence-electron chi connectivity index (χ3n) is 4.16. The van der Waals surface area contributed by atoms with Gasteiger partial charge >= 0.3 is 6.18 Å². The molecule has 0 saturated heterocycles. The van der Waals surface area contributed by atoms with E-state index in [1.54, 1.807) is 0 Å². The number of halogens is 4. The molecule has 1 aromatic rings. The third kappa shape index (κ3) is 2.74. The summed E-state index contributed by atoms with van der Waals surface area (Å²) in [4.78, 5) is 0. The molecule has 2 rings (SSSR count). The Kier molecular flexibility index (Phi) is 4.21. The number of phenolic OH excluding ortho intramolecular Hbond substituents is 1. The highest BCUT2D eigenvalue weighted by atomic mass is 35.5. The topological polar surface area (TPSA) is 46.2 Å². The van der Waals surface area contributed by atoms with Crippen molar-refractivity contribution >= 4 is 11.6 Å². The van der Waals surface area contributed by atoms with Gasteiger partial charge in [-0.2, -0.15) is 13.2 Å². The molecule has 0 amide bonds. The molecule has 2 nitrogen and oxygen atoms in total. The van der Waals surface area contributed by atoms with Gasteiger partial charge in [-0.1, -0.05) is 30.9 Å². The Labute approximate surface area is 120 Å². The molecule has 0 bridgehead atoms. The summed E-state index contributed by atoms with van der Waals surface area (Å²) in [5.74, 6) is -0.271. The molecule has 0 aromatic heterocycles. The van der Waals surface area contributed by atoms with Gasteiger partial charge in [0, 0.05) is 17.5 Å². The van der Waals surface area contributed by atoms with Crippen molar-refractivity contribution in [1.29, 1.82) is 0 Å². The standard InChI is InChI=1S/C14H17ClF3NO/c15-11-7-9(14(16,17)18)6-10(12(11)20)13(8-19)4-2-1-3-5-13/h6-7,20H,1-5,8,19H2. The molecule has 6 heteroatoms. The van der Waals surface area contributed by atoms with Gasteiger partial charge in [-0.15, -0.1) is 0 Å². The van der Waals surface area contributed by atoms with E-state index in [2.05, 4.69) is 0 Å². The van der Waals surface area contributed by atoms with Crippen LogP contribution in [0.4, 0.5) is 13.2 Å². The summed E-state index contributed by atoms with van der Waals surface area (Å²) in [6.07, 6.45) is -0.315. The number of rotatable bonds is 2. The van der Waals surface area contributed by atoms with Crippen LogP contribution < -0.4 is 5.73 Å². The summed E-state index contributed by atoms with van der Waals surface area (Å²) in [5.41, 5.74) is 4.61. The molecule has 1 aliphatic rings. The zero-order valence-electron chi connectivity index (χ0n) is 10.9. The summed E-state index contributed by atoms with van der Waals surface area (Å²) in [5, 5.41) is 9.81. The molecule has 1 aromatic carbocycles. The lowest BCUT2D eigenvalue weighted by Gasteiger charge is -2.37. The van der Waals surface area contributed by atoms with Crippen LogP contribution in [0.1, 0.15) is 43.2 Å². The van der Waals surface area contributed by atoms with Crippen LogP contribution in [0.3, 0.4) is 0 Å². The van der Waals surface area contributed by atoms with E-state index in [0.29, 0.717) is 12.8 Å². The molecule has 3 N–H and O–H groups in total. The van der Waals surface area contributed by atoms with Crippen molar-refractivity contribution in [3.05, 3.63) is 28.3 Å². The number of aromatic hydroxyl groups is 1. The number of phenols is 1. The van der Waals surface area contributed by atoms with Crippen LogP contribution in [-0.2, 0) is 11.6 Å². The highest BCUT2D eigenvalue weighted by Crippen LogP contribution is 2.46. The number of hydrogen-bond acceptors (Lipinski definition) is 2. The van der Waals surface area contributed by atoms with Gasteiger partial charge in [0.2, 0.25) is 0 Å². The molecular formula is C14H17ClF3NO. The average molecular weight is 308 g/mol. The summed E-state index contributed by atoms with van der Waals surface area (Å²) in [7, 11) is 0. The maximum atomic E-state index is 12.9. The van der Waals surface area contributed by atoms with E-state index in [1.807, 2.05) is 0 Å². The van der Waals surface area contributed by atoms with Gasteiger partial charge in [-0.25, -0.2) is 0 Å². The molecule has 0 heterocycles. The SMILES string of the molecule is NCC1(c2cc(C(F)(F)F)cc(Cl)c2O)CCCCC1. The first-order valence-electron chi connectivity index (χ1n) is 6.60. The molecule has 0 spiro atoms. The van der Waals surface area contributed by atoms with E-state index in [1.165, 1.54) is 0 Å². The predicted octanol–water partition coefficient (Wildman–Crippen LogP) is 4.23. The van der Waals surface area contributed by atoms with Gasteiger partial charge in [-0.05, 0) is 25.0 Å². The van der Waals surface area contributed by atoms with Gasteiger partial charge in [0.25, 0.3) is 0 Å². The minimum Gasteiger partial charge on any atom is -0.506 e. The number of nitrogens with two attached hydrogens (primary N) is 1. The first kappa shape index (κ1) is 15.4. The maximum absolute atomic E-state index is 12.9. The number of benzene rings is 1. The highest BCUT2D eigenvalue weighted by Gasteiger charge is 2.39. The van der Waals surface area contributed by atoms with Gasteiger partial charge in [0.1, 0.15) is 5.75 Å². The third-order valence-corrected chi connectivity index (χ3v) is 4.45. The average Bonchev–Trinajstić information content (AvgIpc) is 2.41. The fraction of sp³-hybridized carbons (Fsp3) is 0.571. The summed E-state index contributed by atoms with van der Waals surface area (Å²) >= 11 is 5.77. The fourth-order valence-electron chi connectivity index (χ4n) is 2.98. The van der Waals surface area contributed by atoms with Crippen LogP contribution in [0.2, 0.25) is 5.02 Å². The minimum atomic E-state index is -4.49. The van der Waals surface area contributed by atoms with E-state index < -0.39 is 17.2 Å². The van der Waals surface area contributed by atoms with E-state index in [4.69, 9.17) is 17.3 Å². The lowest BCUT2D eigenvalue weighted by molar-refractivity contribution is -0.137. The van der Waals surface area contributed by atoms with E-state index in [-0.39, 0.29) is 22.9 Å². The Morgan fingerprint density at radius 1 is 1.20 bits per heavy atom. The van der Waals surface area contributed by atoms with Crippen molar-refractivity contribution in [1.82, 2.24) is 0 Å². The van der Waals surface area contributed by atoms with E-state index >= 15 is 0 Å². The maximum Gasteiger partial charge on any atom is 0.416 e. The molecule has 1 fully saturated rings. The monoisotopic (exact) mass is 307 g/mol. The minimum absolute atomic E-state index is 0.207. The van der Waals surface area contributed by atoms with Crippen molar-refractivity contribution < 1.29 is 18.3 Å². The second-order valence-electron chi connectivity index (χ2n) is 5.40. The molecule has 0 unspecified atom stereocenters. The van der Waals surface area contributed by atoms with Crippen LogP contribution in [0.5, 0.6) is 5.75 Å². The van der Waals surface area contributed by atoms with E-state index in [9.17, 15) is 18.3 Å². The lowest BCUT2D eigenvalue weighted by Crippen LogP contribution is -2.37. The lowest BCUT2D eigenvalue weighted by atomic mass is 9.69. The van der Waals surface area contributed by atoms with Crippen LogP contribution in [0.25, 0.3) is 0 Å². The molecule has 1 aliphatic carbocycles. The molecule has 112 valence electrons. The van der Waals surface area contributed by atoms with Crippen molar-refractivity contribution in [3.63, 3.8) is 0 Å². The Morgan fingerprint density at radius 3 is 2.30 bits per heavy atom. The first-order chi connectivity index (χ1) is 9.30. The Hall–Kier alpha value is -0.940. The number of hydrogen-bond donors (Lipinski definition) is 2. The van der Waals surface area contributed by atoms with Crippen LogP contribution in [0, 0.1) is 0 Å². The highest BCUT2D eigenvalue weighted by molar-refractivity contribution is 6.32. The molecule has 1 saturated carbocycles. The van der Waals surface area contributed by atoms with Gasteiger partial charge < -0.3 is 10.8 Å². The van der Waals surface area contributed by atoms with Gasteiger partial charge in [-0.3, -0.25) is 0 Å². The second-order valence-corrected chi connectivity index (χ2v) is 5.80. The van der Waals surface area contributed by atoms with Crippen LogP contribution in [0.15, 0.2) is 12.1 Å². The van der Waals surface area contributed by atoms with Crippen molar-refractivity contribution in [2.75, 3.05) is 6.54 Å². The summed E-state index contributed by atoms with van der Waals surface area (Å²) < 4.78 is 38.7. The first-order valence-corrected chi connectivity index (χ1v) is 6.98. The van der Waals surface area contributed by atoms with Crippen molar-refractivity contribution in [3.8, 4) is 5.75 Å². The quantitative estimate of drug-likeness (QED) is 0.859. The zero-order valence-corrected chi connectivity index (χ0v) is 11.7. The Bertz CT molecular complexity index is 496. The molecule has 20 heavy (non-hydrogen) atoms. The Morgan fingerprint density at radius 2 is 1.80 bits per heavy atom. The normalized spacial score (nSPS) is 19.1. The summed E-state index contributed by atoms with van der Waals surface area (Å²) in [6, 6.07) is 1.76. The second kappa shape index (κ2) is 5.45. The van der Waals surface area contributed by atoms with Gasteiger partial charge in [0.05, 0.1) is 10.6 Å². The molecular weight excluding hydrogens is 291 g/mol. The van der Waals surface area contributed by atoms with Gasteiger partial charge in [0.15, 0.2) is 0 Å². The van der Waals surface area contributed by atoms with Crippen molar-refractivity contribution in [2.24, 2.45) is 5.73 Å². The van der Waals surface area contributed by atoms with E-state index in [0.717, 1.165) is 31.4 Å². The largest absolute Gasteiger partial charge is 0.506 e. The van der Waals surface area contributed by atoms with Crippen LogP contribution in [-0.4, -0.2) is 11.7 Å². The summed E-state index contributed by atoms with van der Waals surface area (Å²) in [6.45, 7) is 0.207. The molecule has 0 radical (unpaired) electrons. The smallest absolute Gasteiger partial charge is 0.416 e. The molecule has 0 aliphatic heterocycles. The predicted molar refractivity (Wildman–Crippen MR) is 71.9 cm³/mol. The Balaban J connectivity index is 2.57.